The number of hydrogen-bond donors (Lipinski definition) is 1. The van der Waals surface area contributed by atoms with E-state index in [1.54, 1.807) is 17.8 Å². The van der Waals surface area contributed by atoms with Crippen LogP contribution >= 0.6 is 11.8 Å². The third-order valence-corrected chi connectivity index (χ3v) is 4.62. The smallest absolute Gasteiger partial charge is 0.337 e. The Morgan fingerprint density at radius 1 is 1.32 bits per heavy atom. The fourth-order valence-electron chi connectivity index (χ4n) is 2.44. The van der Waals surface area contributed by atoms with Crippen LogP contribution in [-0.2, 0) is 0 Å². The van der Waals surface area contributed by atoms with Crippen LogP contribution in [-0.4, -0.2) is 30.4 Å². The van der Waals surface area contributed by atoms with Gasteiger partial charge in [-0.2, -0.15) is 0 Å². The van der Waals surface area contributed by atoms with Crippen LogP contribution in [0.3, 0.4) is 0 Å². The number of hydrogen-bond acceptors (Lipinski definition) is 3. The lowest BCUT2D eigenvalue weighted by atomic mass is 9.82. The van der Waals surface area contributed by atoms with Gasteiger partial charge in [0.05, 0.1) is 11.3 Å². The van der Waals surface area contributed by atoms with Crippen LogP contribution in [0.4, 0.5) is 5.69 Å². The van der Waals surface area contributed by atoms with Gasteiger partial charge in [-0.25, -0.2) is 4.79 Å². The van der Waals surface area contributed by atoms with Crippen molar-refractivity contribution in [2.75, 3.05) is 24.2 Å². The molecule has 1 fully saturated rings. The Kier molecular flexibility index (Phi) is 4.09. The van der Waals surface area contributed by atoms with Crippen molar-refractivity contribution in [3.05, 3.63) is 23.8 Å². The van der Waals surface area contributed by atoms with Gasteiger partial charge in [0.15, 0.2) is 0 Å². The molecular weight excluding hydrogens is 258 g/mol. The van der Waals surface area contributed by atoms with Crippen molar-refractivity contribution in [3.63, 3.8) is 0 Å². The van der Waals surface area contributed by atoms with Crippen LogP contribution in [0.15, 0.2) is 23.1 Å². The molecule has 0 bridgehead atoms. The van der Waals surface area contributed by atoms with Crippen molar-refractivity contribution in [2.45, 2.75) is 31.6 Å². The first-order valence-electron chi connectivity index (χ1n) is 6.59. The summed E-state index contributed by atoms with van der Waals surface area (Å²) in [4.78, 5) is 14.6. The fourth-order valence-corrected chi connectivity index (χ4v) is 2.88. The molecule has 0 unspecified atom stereocenters. The number of thioether (sulfide) groups is 1. The van der Waals surface area contributed by atoms with E-state index in [2.05, 4.69) is 18.7 Å². The van der Waals surface area contributed by atoms with Crippen LogP contribution in [0, 0.1) is 5.41 Å². The second kappa shape index (κ2) is 5.45. The zero-order valence-corrected chi connectivity index (χ0v) is 12.6. The second-order valence-electron chi connectivity index (χ2n) is 5.84. The van der Waals surface area contributed by atoms with Crippen molar-refractivity contribution >= 4 is 23.4 Å². The summed E-state index contributed by atoms with van der Waals surface area (Å²) >= 11 is 1.57. The molecule has 104 valence electrons. The van der Waals surface area contributed by atoms with E-state index in [0.717, 1.165) is 36.5 Å². The number of carboxylic acids is 1. The molecule has 3 nitrogen and oxygen atoms in total. The summed E-state index contributed by atoms with van der Waals surface area (Å²) in [5, 5.41) is 9.38. The summed E-state index contributed by atoms with van der Waals surface area (Å²) in [6.07, 6.45) is 4.18. The van der Waals surface area contributed by atoms with Crippen molar-refractivity contribution in [3.8, 4) is 0 Å². The molecule has 1 heterocycles. The maximum absolute atomic E-state index is 11.4. The van der Waals surface area contributed by atoms with Crippen LogP contribution in [0.1, 0.15) is 37.0 Å². The second-order valence-corrected chi connectivity index (χ2v) is 6.72. The number of anilines is 1. The van der Waals surface area contributed by atoms with E-state index in [4.69, 9.17) is 0 Å². The number of benzene rings is 1. The zero-order valence-electron chi connectivity index (χ0n) is 11.8. The number of aromatic carboxylic acids is 1. The van der Waals surface area contributed by atoms with Crippen molar-refractivity contribution in [1.29, 1.82) is 0 Å². The van der Waals surface area contributed by atoms with Crippen LogP contribution in [0.5, 0.6) is 0 Å². The number of nitrogens with zero attached hydrogens (tertiary/aromatic N) is 1. The van der Waals surface area contributed by atoms with Gasteiger partial charge in [-0.3, -0.25) is 0 Å². The first-order chi connectivity index (χ1) is 8.93. The van der Waals surface area contributed by atoms with Gasteiger partial charge < -0.3 is 10.0 Å². The third kappa shape index (κ3) is 3.24. The lowest BCUT2D eigenvalue weighted by Crippen LogP contribution is -2.38. The van der Waals surface area contributed by atoms with E-state index in [9.17, 15) is 9.90 Å². The average Bonchev–Trinajstić information content (AvgIpc) is 2.38. The largest absolute Gasteiger partial charge is 0.478 e. The lowest BCUT2D eigenvalue weighted by Gasteiger charge is -2.38. The van der Waals surface area contributed by atoms with Gasteiger partial charge in [0.1, 0.15) is 0 Å². The van der Waals surface area contributed by atoms with Gasteiger partial charge in [-0.1, -0.05) is 13.8 Å². The molecule has 0 radical (unpaired) electrons. The minimum absolute atomic E-state index is 0.374. The molecule has 1 saturated heterocycles. The van der Waals surface area contributed by atoms with E-state index in [-0.39, 0.29) is 0 Å². The zero-order chi connectivity index (χ0) is 14.0. The van der Waals surface area contributed by atoms with Gasteiger partial charge in [0.25, 0.3) is 0 Å². The molecule has 1 aliphatic heterocycles. The fraction of sp³-hybridized carbons (Fsp3) is 0.533. The Hall–Kier alpha value is -1.16. The highest BCUT2D eigenvalue weighted by Gasteiger charge is 2.27. The molecule has 0 saturated carbocycles. The Morgan fingerprint density at radius 2 is 1.95 bits per heavy atom. The molecule has 1 aliphatic rings. The van der Waals surface area contributed by atoms with Crippen molar-refractivity contribution in [2.24, 2.45) is 5.41 Å². The standard InChI is InChI=1S/C15H21NO2S/c1-15(2)6-8-16(9-7-15)13-5-4-11(19-3)10-12(13)14(17)18/h4-5,10H,6-9H2,1-3H3,(H,17,18). The topological polar surface area (TPSA) is 40.5 Å². The predicted molar refractivity (Wildman–Crippen MR) is 80.4 cm³/mol. The Balaban J connectivity index is 2.27. The predicted octanol–water partition coefficient (Wildman–Crippen LogP) is 3.73. The molecule has 0 amide bonds. The molecule has 19 heavy (non-hydrogen) atoms. The highest BCUT2D eigenvalue weighted by atomic mass is 32.2. The van der Waals surface area contributed by atoms with Crippen LogP contribution in [0.25, 0.3) is 0 Å². The van der Waals surface area contributed by atoms with Gasteiger partial charge in [-0.05, 0) is 42.7 Å². The summed E-state index contributed by atoms with van der Waals surface area (Å²) < 4.78 is 0. The SMILES string of the molecule is CSc1ccc(N2CCC(C)(C)CC2)c(C(=O)O)c1. The number of carbonyl (C=O) groups is 1. The maximum Gasteiger partial charge on any atom is 0.337 e. The minimum atomic E-state index is -0.837. The number of carboxylic acid groups (broad SMARTS) is 1. The summed E-state index contributed by atoms with van der Waals surface area (Å²) in [5.74, 6) is -0.837. The molecule has 0 atom stereocenters. The highest BCUT2D eigenvalue weighted by Crippen LogP contribution is 2.34. The summed E-state index contributed by atoms with van der Waals surface area (Å²) in [7, 11) is 0. The quantitative estimate of drug-likeness (QED) is 0.856. The Labute approximate surface area is 119 Å². The molecule has 1 aromatic carbocycles. The normalized spacial score (nSPS) is 18.4. The Morgan fingerprint density at radius 3 is 2.47 bits per heavy atom. The molecule has 4 heteroatoms. The van der Waals surface area contributed by atoms with E-state index in [0.29, 0.717) is 11.0 Å². The number of piperidine rings is 1. The first kappa shape index (κ1) is 14.3. The monoisotopic (exact) mass is 279 g/mol. The lowest BCUT2D eigenvalue weighted by molar-refractivity contribution is 0.0697. The minimum Gasteiger partial charge on any atom is -0.478 e. The first-order valence-corrected chi connectivity index (χ1v) is 7.82. The number of rotatable bonds is 3. The Bertz CT molecular complexity index is 475. The van der Waals surface area contributed by atoms with Gasteiger partial charge in [-0.15, -0.1) is 11.8 Å². The van der Waals surface area contributed by atoms with Crippen molar-refractivity contribution < 1.29 is 9.90 Å². The van der Waals surface area contributed by atoms with E-state index in [1.807, 2.05) is 18.4 Å². The molecular formula is C15H21NO2S. The summed E-state index contributed by atoms with van der Waals surface area (Å²) in [5.41, 5.74) is 1.66. The van der Waals surface area contributed by atoms with E-state index < -0.39 is 5.97 Å². The van der Waals surface area contributed by atoms with Crippen LogP contribution < -0.4 is 4.90 Å². The summed E-state index contributed by atoms with van der Waals surface area (Å²) in [6, 6.07) is 5.74. The maximum atomic E-state index is 11.4. The highest BCUT2D eigenvalue weighted by molar-refractivity contribution is 7.98. The van der Waals surface area contributed by atoms with Crippen molar-refractivity contribution in [1.82, 2.24) is 0 Å². The average molecular weight is 279 g/mol. The molecule has 1 N–H and O–H groups in total. The van der Waals surface area contributed by atoms with Crippen LogP contribution in [0.2, 0.25) is 0 Å². The van der Waals surface area contributed by atoms with Gasteiger partial charge in [0.2, 0.25) is 0 Å². The van der Waals surface area contributed by atoms with E-state index in [1.165, 1.54) is 0 Å². The molecule has 2 rings (SSSR count). The molecule has 0 aliphatic carbocycles. The molecule has 0 spiro atoms. The van der Waals surface area contributed by atoms with Gasteiger partial charge >= 0.3 is 5.97 Å². The summed E-state index contributed by atoms with van der Waals surface area (Å²) in [6.45, 7) is 6.43. The van der Waals surface area contributed by atoms with E-state index >= 15 is 0 Å². The molecule has 0 aromatic heterocycles. The molecule has 1 aromatic rings. The third-order valence-electron chi connectivity index (χ3n) is 3.89. The van der Waals surface area contributed by atoms with Gasteiger partial charge in [0, 0.05) is 18.0 Å².